The van der Waals surface area contributed by atoms with E-state index in [9.17, 15) is 0 Å². The number of nitrogens with one attached hydrogen (secondary N) is 1. The fraction of sp³-hybridized carbons (Fsp3) is 0.500. The molecule has 5 heteroatoms. The first kappa shape index (κ1) is 14.8. The summed E-state index contributed by atoms with van der Waals surface area (Å²) in [5, 5.41) is 3.55. The molecule has 0 spiro atoms. The first-order chi connectivity index (χ1) is 9.08. The number of hydrogen-bond acceptors (Lipinski definition) is 3. The van der Waals surface area contributed by atoms with Gasteiger partial charge in [-0.3, -0.25) is 0 Å². The van der Waals surface area contributed by atoms with Crippen LogP contribution in [0, 0.1) is 5.92 Å². The molecule has 3 nitrogen and oxygen atoms in total. The predicted octanol–water partition coefficient (Wildman–Crippen LogP) is 3.31. The van der Waals surface area contributed by atoms with Crippen LogP contribution < -0.4 is 11.1 Å². The minimum atomic E-state index is 0.381. The molecule has 0 radical (unpaired) electrons. The molecule has 3 N–H and O–H groups in total. The van der Waals surface area contributed by atoms with Gasteiger partial charge in [0, 0.05) is 35.0 Å². The van der Waals surface area contributed by atoms with E-state index in [0.717, 1.165) is 41.8 Å². The zero-order chi connectivity index (χ0) is 13.8. The predicted molar refractivity (Wildman–Crippen MR) is 86.7 cm³/mol. The number of halogens is 1. The summed E-state index contributed by atoms with van der Waals surface area (Å²) in [5.74, 6) is 0.631. The number of ether oxygens (including phenoxy) is 1. The lowest BCUT2D eigenvalue weighted by Gasteiger charge is -2.29. The third kappa shape index (κ3) is 3.91. The average molecular weight is 343 g/mol. The minimum absolute atomic E-state index is 0.381. The second-order valence-electron chi connectivity index (χ2n) is 4.94. The molecule has 1 saturated heterocycles. The molecule has 104 valence electrons. The molecule has 1 fully saturated rings. The second kappa shape index (κ2) is 6.68. The Balaban J connectivity index is 2.12. The van der Waals surface area contributed by atoms with E-state index in [2.05, 4.69) is 28.2 Å². The molecule has 0 aromatic heterocycles. The fourth-order valence-electron chi connectivity index (χ4n) is 2.43. The first-order valence-corrected chi connectivity index (χ1v) is 7.71. The summed E-state index contributed by atoms with van der Waals surface area (Å²) >= 11 is 8.59. The van der Waals surface area contributed by atoms with E-state index in [1.165, 1.54) is 0 Å². The van der Waals surface area contributed by atoms with Crippen LogP contribution in [-0.2, 0) is 4.74 Å². The summed E-state index contributed by atoms with van der Waals surface area (Å²) in [6, 6.07) is 6.32. The number of benzene rings is 1. The van der Waals surface area contributed by atoms with Gasteiger partial charge in [-0.25, -0.2) is 0 Å². The van der Waals surface area contributed by atoms with E-state index in [1.54, 1.807) is 0 Å². The third-order valence-electron chi connectivity index (χ3n) is 3.60. The number of hydrogen-bond donors (Lipinski definition) is 2. The molecule has 2 rings (SSSR count). The van der Waals surface area contributed by atoms with Crippen molar-refractivity contribution in [2.75, 3.05) is 18.5 Å². The van der Waals surface area contributed by atoms with Crippen molar-refractivity contribution in [2.45, 2.75) is 25.8 Å². The molecule has 0 amide bonds. The highest BCUT2D eigenvalue weighted by Crippen LogP contribution is 2.26. The number of rotatable bonds is 4. The fourth-order valence-corrected chi connectivity index (χ4v) is 2.97. The molecule has 1 heterocycles. The van der Waals surface area contributed by atoms with Crippen LogP contribution in [-0.4, -0.2) is 24.2 Å². The van der Waals surface area contributed by atoms with Gasteiger partial charge in [-0.05, 0) is 43.9 Å². The summed E-state index contributed by atoms with van der Waals surface area (Å²) in [6.45, 7) is 3.93. The van der Waals surface area contributed by atoms with Crippen LogP contribution >= 0.6 is 28.1 Å². The molecule has 1 aliphatic rings. The van der Waals surface area contributed by atoms with Crippen molar-refractivity contribution in [1.82, 2.24) is 0 Å². The van der Waals surface area contributed by atoms with E-state index < -0.39 is 0 Å². The largest absolute Gasteiger partial charge is 0.389 e. The number of nitrogens with two attached hydrogens (primary N) is 1. The zero-order valence-corrected chi connectivity index (χ0v) is 13.4. The average Bonchev–Trinajstić information content (AvgIpc) is 2.39. The van der Waals surface area contributed by atoms with Crippen molar-refractivity contribution in [1.29, 1.82) is 0 Å². The Morgan fingerprint density at radius 1 is 1.47 bits per heavy atom. The molecule has 19 heavy (non-hydrogen) atoms. The number of thiocarbonyl (C=S) groups is 1. The molecule has 1 aliphatic heterocycles. The Morgan fingerprint density at radius 3 is 2.79 bits per heavy atom. The molecule has 1 atom stereocenters. The van der Waals surface area contributed by atoms with Crippen molar-refractivity contribution < 1.29 is 4.74 Å². The summed E-state index contributed by atoms with van der Waals surface area (Å²) in [5.41, 5.74) is 7.68. The van der Waals surface area contributed by atoms with Crippen LogP contribution in [0.3, 0.4) is 0 Å². The third-order valence-corrected chi connectivity index (χ3v) is 4.32. The smallest absolute Gasteiger partial charge is 0.106 e. The van der Waals surface area contributed by atoms with E-state index in [4.69, 9.17) is 22.7 Å². The van der Waals surface area contributed by atoms with E-state index in [-0.39, 0.29) is 0 Å². The van der Waals surface area contributed by atoms with Crippen LogP contribution in [0.4, 0.5) is 5.69 Å². The molecular weight excluding hydrogens is 324 g/mol. The lowest BCUT2D eigenvalue weighted by molar-refractivity contribution is 0.0622. The van der Waals surface area contributed by atoms with Gasteiger partial charge >= 0.3 is 0 Å². The minimum Gasteiger partial charge on any atom is -0.389 e. The summed E-state index contributed by atoms with van der Waals surface area (Å²) < 4.78 is 6.43. The Hall–Kier alpha value is -0.650. The van der Waals surface area contributed by atoms with Crippen molar-refractivity contribution in [3.63, 3.8) is 0 Å². The SMILES string of the molecule is CC(Nc1cc(Br)ccc1C(N)=S)C1CCOCC1. The maximum atomic E-state index is 5.77. The van der Waals surface area contributed by atoms with E-state index >= 15 is 0 Å². The summed E-state index contributed by atoms with van der Waals surface area (Å²) in [4.78, 5) is 0.425. The monoisotopic (exact) mass is 342 g/mol. The zero-order valence-electron chi connectivity index (χ0n) is 11.0. The van der Waals surface area contributed by atoms with Crippen LogP contribution in [0.25, 0.3) is 0 Å². The van der Waals surface area contributed by atoms with Gasteiger partial charge in [-0.15, -0.1) is 0 Å². The van der Waals surface area contributed by atoms with Crippen LogP contribution in [0.2, 0.25) is 0 Å². The molecule has 1 aromatic rings. The normalized spacial score (nSPS) is 18.0. The first-order valence-electron chi connectivity index (χ1n) is 6.51. The maximum Gasteiger partial charge on any atom is 0.106 e. The molecule has 0 saturated carbocycles. The highest BCUT2D eigenvalue weighted by Gasteiger charge is 2.21. The van der Waals surface area contributed by atoms with Crippen molar-refractivity contribution in [3.8, 4) is 0 Å². The highest BCUT2D eigenvalue weighted by atomic mass is 79.9. The van der Waals surface area contributed by atoms with E-state index in [0.29, 0.717) is 16.9 Å². The van der Waals surface area contributed by atoms with Gasteiger partial charge in [-0.1, -0.05) is 28.1 Å². The standard InChI is InChI=1S/C14H19BrN2OS/c1-9(10-4-6-18-7-5-10)17-13-8-11(15)2-3-12(13)14(16)19/h2-3,8-10,17H,4-7H2,1H3,(H2,16,19). The van der Waals surface area contributed by atoms with Crippen molar-refractivity contribution in [3.05, 3.63) is 28.2 Å². The molecule has 0 bridgehead atoms. The Labute approximate surface area is 128 Å². The lowest BCUT2D eigenvalue weighted by atomic mass is 9.92. The van der Waals surface area contributed by atoms with Gasteiger partial charge in [0.15, 0.2) is 0 Å². The summed E-state index contributed by atoms with van der Waals surface area (Å²) in [7, 11) is 0. The second-order valence-corrected chi connectivity index (χ2v) is 6.29. The van der Waals surface area contributed by atoms with Crippen LogP contribution in [0.1, 0.15) is 25.3 Å². The summed E-state index contributed by atoms with van der Waals surface area (Å²) in [6.07, 6.45) is 2.20. The topological polar surface area (TPSA) is 47.3 Å². The Bertz CT molecular complexity index is 461. The van der Waals surface area contributed by atoms with Gasteiger partial charge < -0.3 is 15.8 Å². The Morgan fingerprint density at radius 2 is 2.16 bits per heavy atom. The molecular formula is C14H19BrN2OS. The van der Waals surface area contributed by atoms with Crippen molar-refractivity contribution >= 4 is 38.8 Å². The van der Waals surface area contributed by atoms with Gasteiger partial charge in [-0.2, -0.15) is 0 Å². The molecule has 1 aromatic carbocycles. The Kier molecular flexibility index (Phi) is 5.19. The van der Waals surface area contributed by atoms with Crippen LogP contribution in [0.5, 0.6) is 0 Å². The number of anilines is 1. The van der Waals surface area contributed by atoms with E-state index in [1.807, 2.05) is 18.2 Å². The van der Waals surface area contributed by atoms with Crippen LogP contribution in [0.15, 0.2) is 22.7 Å². The lowest BCUT2D eigenvalue weighted by Crippen LogP contribution is -2.31. The van der Waals surface area contributed by atoms with Gasteiger partial charge in [0.25, 0.3) is 0 Å². The van der Waals surface area contributed by atoms with Crippen molar-refractivity contribution in [2.24, 2.45) is 11.7 Å². The van der Waals surface area contributed by atoms with Gasteiger partial charge in [0.05, 0.1) is 0 Å². The molecule has 0 aliphatic carbocycles. The quantitative estimate of drug-likeness (QED) is 0.824. The van der Waals surface area contributed by atoms with Gasteiger partial charge in [0.1, 0.15) is 4.99 Å². The molecule has 1 unspecified atom stereocenters. The van der Waals surface area contributed by atoms with Gasteiger partial charge in [0.2, 0.25) is 0 Å². The maximum absolute atomic E-state index is 5.77. The highest BCUT2D eigenvalue weighted by molar-refractivity contribution is 9.10.